The number of nitriles is 1. The third kappa shape index (κ3) is 5.31. The molecule has 0 heterocycles. The van der Waals surface area contributed by atoms with E-state index in [1.807, 2.05) is 18.3 Å². The Labute approximate surface area is 157 Å². The molecule has 1 unspecified atom stereocenters. The van der Waals surface area contributed by atoms with Gasteiger partial charge in [-0.2, -0.15) is 5.26 Å². The zero-order valence-electron chi connectivity index (χ0n) is 14.2. The van der Waals surface area contributed by atoms with E-state index in [4.69, 9.17) is 0 Å². The van der Waals surface area contributed by atoms with Gasteiger partial charge in [-0.05, 0) is 59.7 Å². The summed E-state index contributed by atoms with van der Waals surface area (Å²) in [5.41, 5.74) is 0.533. The van der Waals surface area contributed by atoms with Crippen molar-refractivity contribution in [2.24, 2.45) is 0 Å². The largest absolute Gasteiger partial charge is 0.340 e. The van der Waals surface area contributed by atoms with Crippen LogP contribution < -0.4 is 5.32 Å². The highest BCUT2D eigenvalue weighted by molar-refractivity contribution is 14.1. The van der Waals surface area contributed by atoms with Crippen molar-refractivity contribution in [3.8, 4) is 6.19 Å². The Bertz CT molecular complexity index is 677. The number of hydrogen-bond donors (Lipinski definition) is 1. The van der Waals surface area contributed by atoms with E-state index in [0.29, 0.717) is 11.6 Å². The van der Waals surface area contributed by atoms with Crippen molar-refractivity contribution >= 4 is 42.5 Å². The van der Waals surface area contributed by atoms with Crippen LogP contribution in [-0.4, -0.2) is 36.9 Å². The lowest BCUT2D eigenvalue weighted by atomic mass is 10.2. The minimum Gasteiger partial charge on any atom is -0.340 e. The fourth-order valence-corrected chi connectivity index (χ4v) is 4.54. The molecule has 1 fully saturated rings. The second-order valence-electron chi connectivity index (χ2n) is 7.34. The third-order valence-corrected chi connectivity index (χ3v) is 6.07. The summed E-state index contributed by atoms with van der Waals surface area (Å²) >= 11 is 2.15. The van der Waals surface area contributed by atoms with Crippen molar-refractivity contribution in [3.63, 3.8) is 0 Å². The summed E-state index contributed by atoms with van der Waals surface area (Å²) in [5, 5.41) is 12.2. The SMILES string of the molecule is C[Si](C)(C)CC(NC(=O)c1cccc(I)c1)C(=O)N(C#N)C1CC1. The van der Waals surface area contributed by atoms with Gasteiger partial charge in [-0.15, -0.1) is 0 Å². The van der Waals surface area contributed by atoms with Gasteiger partial charge in [0.15, 0.2) is 6.19 Å². The predicted octanol–water partition coefficient (Wildman–Crippen LogP) is 3.20. The summed E-state index contributed by atoms with van der Waals surface area (Å²) in [7, 11) is -1.61. The topological polar surface area (TPSA) is 73.2 Å². The summed E-state index contributed by atoms with van der Waals surface area (Å²) in [4.78, 5) is 26.6. The van der Waals surface area contributed by atoms with Crippen LogP contribution in [0.4, 0.5) is 0 Å². The second-order valence-corrected chi connectivity index (χ2v) is 14.1. The highest BCUT2D eigenvalue weighted by Crippen LogP contribution is 2.27. The van der Waals surface area contributed by atoms with Gasteiger partial charge in [-0.25, -0.2) is 4.90 Å². The molecule has 5 nitrogen and oxygen atoms in total. The maximum atomic E-state index is 12.8. The molecule has 1 aliphatic carbocycles. The summed E-state index contributed by atoms with van der Waals surface area (Å²) in [5.74, 6) is -0.541. The number of rotatable bonds is 6. The standard InChI is InChI=1S/C17H22IN3O2Si/c1-24(2,3)10-15(17(23)21(11-19)14-7-8-14)20-16(22)12-5-4-6-13(18)9-12/h4-6,9,14-15H,7-8,10H2,1-3H3,(H,20,22). The Kier molecular flexibility index (Phi) is 6.04. The van der Waals surface area contributed by atoms with Crippen LogP contribution in [-0.2, 0) is 4.79 Å². The summed E-state index contributed by atoms with van der Waals surface area (Å²) in [6.07, 6.45) is 3.73. The van der Waals surface area contributed by atoms with Gasteiger partial charge in [0.2, 0.25) is 0 Å². The minimum absolute atomic E-state index is 0.0150. The average molecular weight is 455 g/mol. The first-order valence-electron chi connectivity index (χ1n) is 8.00. The van der Waals surface area contributed by atoms with Gasteiger partial charge in [-0.1, -0.05) is 25.7 Å². The minimum atomic E-state index is -1.61. The molecule has 1 aromatic rings. The monoisotopic (exact) mass is 455 g/mol. The van der Waals surface area contributed by atoms with E-state index in [1.165, 1.54) is 4.90 Å². The van der Waals surface area contributed by atoms with Crippen molar-refractivity contribution in [3.05, 3.63) is 33.4 Å². The van der Waals surface area contributed by atoms with Gasteiger partial charge in [0.05, 0.1) is 0 Å². The van der Waals surface area contributed by atoms with E-state index in [9.17, 15) is 14.9 Å². The Morgan fingerprint density at radius 2 is 2.08 bits per heavy atom. The van der Waals surface area contributed by atoms with Gasteiger partial charge >= 0.3 is 0 Å². The fourth-order valence-electron chi connectivity index (χ4n) is 2.50. The van der Waals surface area contributed by atoms with Crippen LogP contribution >= 0.6 is 22.6 Å². The molecule has 1 atom stereocenters. The number of carbonyl (C=O) groups is 2. The molecule has 0 radical (unpaired) electrons. The predicted molar refractivity (Wildman–Crippen MR) is 104 cm³/mol. The summed E-state index contributed by atoms with van der Waals surface area (Å²) in [6.45, 7) is 6.45. The molecule has 2 amide bonds. The molecule has 0 saturated heterocycles. The lowest BCUT2D eigenvalue weighted by Crippen LogP contribution is -2.50. The van der Waals surface area contributed by atoms with Crippen molar-refractivity contribution in [1.29, 1.82) is 5.26 Å². The molecule has 128 valence electrons. The van der Waals surface area contributed by atoms with Crippen molar-refractivity contribution in [2.75, 3.05) is 0 Å². The fraction of sp³-hybridized carbons (Fsp3) is 0.471. The number of carbonyl (C=O) groups excluding carboxylic acids is 2. The molecular weight excluding hydrogens is 433 g/mol. The van der Waals surface area contributed by atoms with Crippen LogP contribution in [0.1, 0.15) is 23.2 Å². The number of hydrogen-bond acceptors (Lipinski definition) is 3. The molecule has 0 aliphatic heterocycles. The molecule has 2 rings (SSSR count). The highest BCUT2D eigenvalue weighted by Gasteiger charge is 2.38. The number of halogens is 1. The van der Waals surface area contributed by atoms with Crippen LogP contribution in [0, 0.1) is 15.0 Å². The summed E-state index contributed by atoms with van der Waals surface area (Å²) < 4.78 is 0.963. The van der Waals surface area contributed by atoms with E-state index in [2.05, 4.69) is 47.5 Å². The van der Waals surface area contributed by atoms with Crippen molar-refractivity contribution in [1.82, 2.24) is 10.2 Å². The molecule has 1 saturated carbocycles. The number of amides is 2. The first-order valence-corrected chi connectivity index (χ1v) is 12.8. The van der Waals surface area contributed by atoms with Crippen LogP contribution in [0.3, 0.4) is 0 Å². The normalized spacial score (nSPS) is 15.3. The van der Waals surface area contributed by atoms with Gasteiger partial charge < -0.3 is 5.32 Å². The maximum absolute atomic E-state index is 12.8. The molecule has 0 aromatic heterocycles. The lowest BCUT2D eigenvalue weighted by Gasteiger charge is -2.27. The zero-order chi connectivity index (χ0) is 17.9. The first-order chi connectivity index (χ1) is 11.2. The molecule has 7 heteroatoms. The maximum Gasteiger partial charge on any atom is 0.258 e. The van der Waals surface area contributed by atoms with E-state index >= 15 is 0 Å². The summed E-state index contributed by atoms with van der Waals surface area (Å²) in [6, 6.07) is 7.24. The molecular formula is C17H22IN3O2Si. The van der Waals surface area contributed by atoms with Crippen LogP contribution in [0.2, 0.25) is 25.7 Å². The Morgan fingerprint density at radius 1 is 1.42 bits per heavy atom. The van der Waals surface area contributed by atoms with E-state index < -0.39 is 14.1 Å². The van der Waals surface area contributed by atoms with Gasteiger partial charge in [0, 0.05) is 23.2 Å². The second kappa shape index (κ2) is 7.65. The molecule has 24 heavy (non-hydrogen) atoms. The van der Waals surface area contributed by atoms with Gasteiger partial charge in [0.1, 0.15) is 6.04 Å². The third-order valence-electron chi connectivity index (χ3n) is 3.76. The smallest absolute Gasteiger partial charge is 0.258 e. The zero-order valence-corrected chi connectivity index (χ0v) is 17.3. The van der Waals surface area contributed by atoms with E-state index in [-0.39, 0.29) is 17.9 Å². The van der Waals surface area contributed by atoms with E-state index in [0.717, 1.165) is 16.4 Å². The molecule has 1 aromatic carbocycles. The number of nitrogens with one attached hydrogen (secondary N) is 1. The number of nitrogens with zero attached hydrogens (tertiary/aromatic N) is 2. The highest BCUT2D eigenvalue weighted by atomic mass is 127. The van der Waals surface area contributed by atoms with Gasteiger partial charge in [0.25, 0.3) is 11.8 Å². The van der Waals surface area contributed by atoms with Crippen LogP contribution in [0.15, 0.2) is 24.3 Å². The first kappa shape index (κ1) is 18.9. The molecule has 0 spiro atoms. The average Bonchev–Trinajstić information content (AvgIpc) is 3.30. The van der Waals surface area contributed by atoms with Crippen LogP contribution in [0.5, 0.6) is 0 Å². The molecule has 1 N–H and O–H groups in total. The number of benzene rings is 1. The van der Waals surface area contributed by atoms with Crippen molar-refractivity contribution < 1.29 is 9.59 Å². The molecule has 0 bridgehead atoms. The van der Waals surface area contributed by atoms with Crippen LogP contribution in [0.25, 0.3) is 0 Å². The quantitative estimate of drug-likeness (QED) is 0.310. The Morgan fingerprint density at radius 3 is 2.58 bits per heavy atom. The Hall–Kier alpha value is -1.40. The lowest BCUT2D eigenvalue weighted by molar-refractivity contribution is -0.130. The van der Waals surface area contributed by atoms with E-state index in [1.54, 1.807) is 12.1 Å². The van der Waals surface area contributed by atoms with Gasteiger partial charge in [-0.3, -0.25) is 9.59 Å². The molecule has 1 aliphatic rings. The Balaban J connectivity index is 2.18. The van der Waals surface area contributed by atoms with Crippen molar-refractivity contribution in [2.45, 2.75) is 50.6 Å².